The highest BCUT2D eigenvalue weighted by Crippen LogP contribution is 2.36. The van der Waals surface area contributed by atoms with Crippen molar-refractivity contribution < 1.29 is 9.59 Å². The highest BCUT2D eigenvalue weighted by Gasteiger charge is 2.32. The molecule has 3 unspecified atom stereocenters. The Kier molecular flexibility index (Phi) is 5.08. The summed E-state index contributed by atoms with van der Waals surface area (Å²) in [7, 11) is 0. The monoisotopic (exact) mass is 367 g/mol. The second kappa shape index (κ2) is 6.94. The summed E-state index contributed by atoms with van der Waals surface area (Å²) in [6.07, 6.45) is 3.41. The van der Waals surface area contributed by atoms with Gasteiger partial charge in [-0.1, -0.05) is 0 Å². The number of amides is 2. The molecule has 0 spiro atoms. The fourth-order valence-electron chi connectivity index (χ4n) is 3.65. The minimum Gasteiger partial charge on any atom is -0.337 e. The van der Waals surface area contributed by atoms with Crippen LogP contribution >= 0.6 is 24.2 Å². The highest BCUT2D eigenvalue weighted by molar-refractivity contribution is 8.00. The summed E-state index contributed by atoms with van der Waals surface area (Å²) in [6, 6.07) is 6.66. The number of carbonyl (C=O) groups is 2. The lowest BCUT2D eigenvalue weighted by molar-refractivity contribution is -0.115. The molecule has 1 aromatic carbocycles. The maximum absolute atomic E-state index is 12.8. The fraction of sp³-hybridized carbons (Fsp3) is 0.529. The van der Waals surface area contributed by atoms with Gasteiger partial charge in [0.25, 0.3) is 5.91 Å². The summed E-state index contributed by atoms with van der Waals surface area (Å²) < 4.78 is 0. The molecule has 24 heavy (non-hydrogen) atoms. The third-order valence-electron chi connectivity index (χ3n) is 4.97. The van der Waals surface area contributed by atoms with Gasteiger partial charge in [-0.3, -0.25) is 9.59 Å². The first kappa shape index (κ1) is 17.6. The summed E-state index contributed by atoms with van der Waals surface area (Å²) in [5.41, 5.74) is 1.43. The van der Waals surface area contributed by atoms with Crippen LogP contribution in [0.3, 0.4) is 0 Å². The number of thioether (sulfide) groups is 1. The number of hydrogen-bond acceptors (Lipinski definition) is 4. The Balaban J connectivity index is 0.00000169. The molecule has 0 aromatic heterocycles. The summed E-state index contributed by atoms with van der Waals surface area (Å²) in [6.45, 7) is 3.48. The number of nitrogens with one attached hydrogen (secondary N) is 2. The van der Waals surface area contributed by atoms with Gasteiger partial charge in [-0.2, -0.15) is 0 Å². The molecule has 3 aliphatic rings. The minimum absolute atomic E-state index is 0. The van der Waals surface area contributed by atoms with E-state index in [-0.39, 0.29) is 29.5 Å². The highest BCUT2D eigenvalue weighted by atomic mass is 35.5. The van der Waals surface area contributed by atoms with Crippen molar-refractivity contribution >= 4 is 41.7 Å². The van der Waals surface area contributed by atoms with E-state index in [2.05, 4.69) is 10.6 Å². The van der Waals surface area contributed by atoms with E-state index in [1.54, 1.807) is 11.8 Å². The molecule has 2 fully saturated rings. The molecular weight excluding hydrogens is 346 g/mol. The van der Waals surface area contributed by atoms with Gasteiger partial charge in [-0.15, -0.1) is 24.2 Å². The number of hydrogen-bond donors (Lipinski definition) is 2. The smallest absolute Gasteiger partial charge is 0.253 e. The molecule has 4 rings (SSSR count). The van der Waals surface area contributed by atoms with Gasteiger partial charge in [0.2, 0.25) is 5.91 Å². The second-order valence-electron chi connectivity index (χ2n) is 6.64. The first-order valence-electron chi connectivity index (χ1n) is 8.27. The number of benzene rings is 1. The number of anilines is 1. The van der Waals surface area contributed by atoms with E-state index in [1.165, 1.54) is 6.42 Å². The third-order valence-corrected chi connectivity index (χ3v) is 6.15. The molecule has 2 saturated heterocycles. The van der Waals surface area contributed by atoms with Crippen molar-refractivity contribution in [3.8, 4) is 0 Å². The Bertz CT molecular complexity index is 669. The number of likely N-dealkylation sites (tertiary alicyclic amines) is 1. The van der Waals surface area contributed by atoms with E-state index >= 15 is 0 Å². The van der Waals surface area contributed by atoms with Crippen LogP contribution < -0.4 is 10.6 Å². The van der Waals surface area contributed by atoms with Crippen LogP contribution in [0.4, 0.5) is 5.69 Å². The van der Waals surface area contributed by atoms with Crippen LogP contribution in [-0.2, 0) is 4.79 Å². The average molecular weight is 368 g/mol. The van der Waals surface area contributed by atoms with Gasteiger partial charge in [0.05, 0.1) is 10.9 Å². The molecule has 0 aliphatic carbocycles. The first-order valence-corrected chi connectivity index (χ1v) is 9.15. The van der Waals surface area contributed by atoms with Crippen molar-refractivity contribution in [3.63, 3.8) is 0 Å². The summed E-state index contributed by atoms with van der Waals surface area (Å²) in [4.78, 5) is 27.7. The zero-order valence-electron chi connectivity index (χ0n) is 13.6. The van der Waals surface area contributed by atoms with Crippen LogP contribution in [0.25, 0.3) is 0 Å². The number of fused-ring (bicyclic) bond motifs is 3. The Morgan fingerprint density at radius 2 is 2.04 bits per heavy atom. The summed E-state index contributed by atoms with van der Waals surface area (Å²) in [5.74, 6) is 0.0726. The molecule has 1 aromatic rings. The number of rotatable bonds is 1. The molecule has 3 atom stereocenters. The molecule has 2 bridgehead atoms. The predicted octanol–water partition coefficient (Wildman–Crippen LogP) is 2.51. The topological polar surface area (TPSA) is 61.4 Å². The molecule has 2 N–H and O–H groups in total. The van der Waals surface area contributed by atoms with Crippen molar-refractivity contribution in [1.82, 2.24) is 10.2 Å². The lowest BCUT2D eigenvalue weighted by Crippen LogP contribution is -2.39. The lowest BCUT2D eigenvalue weighted by atomic mass is 10.1. The SMILES string of the molecule is CC1Sc2ccc(C(=O)N3CCC4CCC(C3)N4)cc2NC1=O.Cl. The average Bonchev–Trinajstić information content (AvgIpc) is 2.86. The molecule has 2 amide bonds. The Labute approximate surface area is 152 Å². The van der Waals surface area contributed by atoms with E-state index in [1.807, 2.05) is 30.0 Å². The molecule has 130 valence electrons. The predicted molar refractivity (Wildman–Crippen MR) is 98.1 cm³/mol. The zero-order valence-corrected chi connectivity index (χ0v) is 15.2. The van der Waals surface area contributed by atoms with Crippen molar-refractivity contribution in [2.75, 3.05) is 18.4 Å². The maximum Gasteiger partial charge on any atom is 0.253 e. The third kappa shape index (κ3) is 3.27. The van der Waals surface area contributed by atoms with E-state index in [0.29, 0.717) is 17.6 Å². The second-order valence-corrected chi connectivity index (χ2v) is 8.02. The van der Waals surface area contributed by atoms with Gasteiger partial charge in [0, 0.05) is 35.6 Å². The van der Waals surface area contributed by atoms with E-state index in [0.717, 1.165) is 36.5 Å². The molecule has 7 heteroatoms. The van der Waals surface area contributed by atoms with Gasteiger partial charge in [-0.05, 0) is 44.4 Å². The van der Waals surface area contributed by atoms with Crippen molar-refractivity contribution in [2.45, 2.75) is 48.4 Å². The van der Waals surface area contributed by atoms with Crippen LogP contribution in [0.1, 0.15) is 36.5 Å². The van der Waals surface area contributed by atoms with Crippen molar-refractivity contribution in [2.24, 2.45) is 0 Å². The lowest BCUT2D eigenvalue weighted by Gasteiger charge is -2.26. The van der Waals surface area contributed by atoms with Gasteiger partial charge >= 0.3 is 0 Å². The summed E-state index contributed by atoms with van der Waals surface area (Å²) >= 11 is 1.54. The van der Waals surface area contributed by atoms with E-state index in [4.69, 9.17) is 0 Å². The molecule has 3 heterocycles. The molecule has 0 radical (unpaired) electrons. The maximum atomic E-state index is 12.8. The van der Waals surface area contributed by atoms with Gasteiger partial charge in [-0.25, -0.2) is 0 Å². The Morgan fingerprint density at radius 1 is 1.25 bits per heavy atom. The molecule has 3 aliphatic heterocycles. The standard InChI is InChI=1S/C17H21N3O2S.ClH/c1-10-16(21)19-14-8-11(2-5-15(14)23-10)17(22)20-7-6-12-3-4-13(9-20)18-12;/h2,5,8,10,12-13,18H,3-4,6-7,9H2,1H3,(H,19,21);1H. The summed E-state index contributed by atoms with van der Waals surface area (Å²) in [5, 5.41) is 6.41. The van der Waals surface area contributed by atoms with E-state index < -0.39 is 0 Å². The quantitative estimate of drug-likeness (QED) is 0.800. The van der Waals surface area contributed by atoms with Crippen LogP contribution in [0, 0.1) is 0 Å². The Hall–Kier alpha value is -1.24. The van der Waals surface area contributed by atoms with Crippen LogP contribution in [0.5, 0.6) is 0 Å². The van der Waals surface area contributed by atoms with Crippen LogP contribution in [0.2, 0.25) is 0 Å². The molecular formula is C17H22ClN3O2S. The zero-order chi connectivity index (χ0) is 16.0. The van der Waals surface area contributed by atoms with Crippen molar-refractivity contribution in [1.29, 1.82) is 0 Å². The van der Waals surface area contributed by atoms with Crippen LogP contribution in [0.15, 0.2) is 23.1 Å². The molecule has 0 saturated carbocycles. The van der Waals surface area contributed by atoms with Gasteiger partial charge in [0.15, 0.2) is 0 Å². The van der Waals surface area contributed by atoms with Gasteiger partial charge in [0.1, 0.15) is 0 Å². The minimum atomic E-state index is -0.0868. The number of carbonyl (C=O) groups excluding carboxylic acids is 2. The van der Waals surface area contributed by atoms with E-state index in [9.17, 15) is 9.59 Å². The normalized spacial score (nSPS) is 28.5. The first-order chi connectivity index (χ1) is 11.1. The number of halogens is 1. The van der Waals surface area contributed by atoms with Crippen molar-refractivity contribution in [3.05, 3.63) is 23.8 Å². The fourth-order valence-corrected chi connectivity index (χ4v) is 4.58. The number of nitrogens with zero attached hydrogens (tertiary/aromatic N) is 1. The van der Waals surface area contributed by atoms with Gasteiger partial charge < -0.3 is 15.5 Å². The largest absolute Gasteiger partial charge is 0.337 e. The van der Waals surface area contributed by atoms with Crippen LogP contribution in [-0.4, -0.2) is 47.1 Å². The molecule has 5 nitrogen and oxygen atoms in total. The Morgan fingerprint density at radius 3 is 2.88 bits per heavy atom.